The number of carbonyl (C=O) groups is 1. The Labute approximate surface area is 114 Å². The van der Waals surface area contributed by atoms with E-state index in [2.05, 4.69) is 12.1 Å². The van der Waals surface area contributed by atoms with Crippen molar-refractivity contribution in [3.8, 4) is 0 Å². The molecule has 0 aromatic heterocycles. The van der Waals surface area contributed by atoms with Crippen molar-refractivity contribution in [3.05, 3.63) is 35.9 Å². The predicted octanol–water partition coefficient (Wildman–Crippen LogP) is 2.78. The summed E-state index contributed by atoms with van der Waals surface area (Å²) in [6.07, 6.45) is 3.03. The fourth-order valence-corrected chi connectivity index (χ4v) is 2.50. The molecule has 4 heteroatoms. The average molecular weight is 263 g/mol. The van der Waals surface area contributed by atoms with Crippen molar-refractivity contribution in [3.63, 3.8) is 0 Å². The van der Waals surface area contributed by atoms with E-state index in [4.69, 9.17) is 9.84 Å². The Bertz CT molecular complexity index is 394. The van der Waals surface area contributed by atoms with Gasteiger partial charge in [-0.1, -0.05) is 30.3 Å². The zero-order valence-corrected chi connectivity index (χ0v) is 11.1. The first kappa shape index (κ1) is 13.9. The van der Waals surface area contributed by atoms with Crippen LogP contribution in [0.5, 0.6) is 0 Å². The molecule has 1 N–H and O–H groups in total. The molecule has 1 heterocycles. The topological polar surface area (TPSA) is 49.8 Å². The number of hydrogen-bond acceptors (Lipinski definition) is 2. The lowest BCUT2D eigenvalue weighted by molar-refractivity contribution is 0.0716. The first-order chi connectivity index (χ1) is 9.27. The molecule has 0 radical (unpaired) electrons. The van der Waals surface area contributed by atoms with Crippen LogP contribution in [-0.4, -0.2) is 41.9 Å². The third-order valence-electron chi connectivity index (χ3n) is 3.53. The zero-order valence-electron chi connectivity index (χ0n) is 11.1. The first-order valence-electron chi connectivity index (χ1n) is 6.88. The van der Waals surface area contributed by atoms with Crippen LogP contribution in [0, 0.1) is 0 Å². The van der Waals surface area contributed by atoms with Gasteiger partial charge in [0.15, 0.2) is 0 Å². The average Bonchev–Trinajstić information content (AvgIpc) is 2.88. The number of hydrogen-bond donors (Lipinski definition) is 1. The summed E-state index contributed by atoms with van der Waals surface area (Å²) >= 11 is 0. The van der Waals surface area contributed by atoms with Gasteiger partial charge in [0.1, 0.15) is 0 Å². The number of carboxylic acid groups (broad SMARTS) is 1. The van der Waals surface area contributed by atoms with Crippen LogP contribution in [0.2, 0.25) is 0 Å². The molecule has 1 saturated heterocycles. The summed E-state index contributed by atoms with van der Waals surface area (Å²) < 4.78 is 5.61. The molecule has 0 bridgehead atoms. The number of benzene rings is 1. The van der Waals surface area contributed by atoms with E-state index in [1.807, 2.05) is 18.2 Å². The molecule has 0 saturated carbocycles. The van der Waals surface area contributed by atoms with Crippen molar-refractivity contribution in [1.29, 1.82) is 0 Å². The highest BCUT2D eigenvalue weighted by Gasteiger charge is 2.28. The number of nitrogens with zero attached hydrogens (tertiary/aromatic N) is 1. The maximum atomic E-state index is 11.0. The van der Waals surface area contributed by atoms with E-state index in [-0.39, 0.29) is 6.04 Å². The summed E-state index contributed by atoms with van der Waals surface area (Å²) in [6.45, 7) is 1.87. The molecule has 1 fully saturated rings. The molecule has 104 valence electrons. The highest BCUT2D eigenvalue weighted by Crippen LogP contribution is 2.17. The van der Waals surface area contributed by atoms with Gasteiger partial charge in [-0.15, -0.1) is 0 Å². The minimum absolute atomic E-state index is 0.0502. The molecule has 1 aliphatic rings. The van der Waals surface area contributed by atoms with Crippen molar-refractivity contribution in [2.24, 2.45) is 0 Å². The lowest BCUT2D eigenvalue weighted by Gasteiger charge is -2.21. The molecule has 19 heavy (non-hydrogen) atoms. The molecule has 4 nitrogen and oxygen atoms in total. The van der Waals surface area contributed by atoms with Gasteiger partial charge >= 0.3 is 6.09 Å². The fraction of sp³-hybridized carbons (Fsp3) is 0.533. The molecule has 0 spiro atoms. The van der Waals surface area contributed by atoms with Crippen LogP contribution in [0.4, 0.5) is 4.79 Å². The van der Waals surface area contributed by atoms with Gasteiger partial charge in [-0.3, -0.25) is 0 Å². The van der Waals surface area contributed by atoms with Crippen LogP contribution >= 0.6 is 0 Å². The highest BCUT2D eigenvalue weighted by molar-refractivity contribution is 5.65. The second-order valence-electron chi connectivity index (χ2n) is 4.94. The Morgan fingerprint density at radius 1 is 1.37 bits per heavy atom. The molecule has 2 rings (SSSR count). The van der Waals surface area contributed by atoms with Crippen molar-refractivity contribution < 1.29 is 14.6 Å². The first-order valence-corrected chi connectivity index (χ1v) is 6.88. The summed E-state index contributed by atoms with van der Waals surface area (Å²) in [6, 6.07) is 10.4. The summed E-state index contributed by atoms with van der Waals surface area (Å²) in [5, 5.41) is 9.01. The normalized spacial score (nSPS) is 18.7. The van der Waals surface area contributed by atoms with Gasteiger partial charge in [0.05, 0.1) is 12.6 Å². The molecule has 1 atom stereocenters. The van der Waals surface area contributed by atoms with Gasteiger partial charge in [0.2, 0.25) is 0 Å². The van der Waals surface area contributed by atoms with Gasteiger partial charge in [-0.05, 0) is 31.2 Å². The minimum atomic E-state index is -0.824. The standard InChI is InChI=1S/C15H21NO3/c17-15(18)16-10-4-9-14(16)12-19-11-5-8-13-6-2-1-3-7-13/h1-3,6-7,14H,4-5,8-12H2,(H,17,18). The number of amides is 1. The van der Waals surface area contributed by atoms with Crippen LogP contribution in [-0.2, 0) is 11.2 Å². The van der Waals surface area contributed by atoms with Crippen molar-refractivity contribution in [1.82, 2.24) is 4.90 Å². The van der Waals surface area contributed by atoms with E-state index >= 15 is 0 Å². The largest absolute Gasteiger partial charge is 0.465 e. The maximum absolute atomic E-state index is 11.0. The number of rotatable bonds is 6. The number of aryl methyl sites for hydroxylation is 1. The Kier molecular flexibility index (Phi) is 5.21. The van der Waals surface area contributed by atoms with Crippen LogP contribution in [0.1, 0.15) is 24.8 Å². The van der Waals surface area contributed by atoms with E-state index in [9.17, 15) is 4.79 Å². The van der Waals surface area contributed by atoms with Crippen LogP contribution in [0.25, 0.3) is 0 Å². The molecule has 0 aliphatic carbocycles. The quantitative estimate of drug-likeness (QED) is 0.803. The summed E-state index contributed by atoms with van der Waals surface area (Å²) in [5.74, 6) is 0. The summed E-state index contributed by atoms with van der Waals surface area (Å²) in [5.41, 5.74) is 1.32. The highest BCUT2D eigenvalue weighted by atomic mass is 16.5. The summed E-state index contributed by atoms with van der Waals surface area (Å²) in [7, 11) is 0. The predicted molar refractivity (Wildman–Crippen MR) is 73.3 cm³/mol. The van der Waals surface area contributed by atoms with E-state index in [0.717, 1.165) is 25.7 Å². The third-order valence-corrected chi connectivity index (χ3v) is 3.53. The maximum Gasteiger partial charge on any atom is 0.407 e. The van der Waals surface area contributed by atoms with E-state index in [1.165, 1.54) is 10.5 Å². The molecule has 1 amide bonds. The van der Waals surface area contributed by atoms with Crippen LogP contribution in [0.3, 0.4) is 0 Å². The third kappa shape index (κ3) is 4.24. The Balaban J connectivity index is 1.60. The van der Waals surface area contributed by atoms with E-state index in [1.54, 1.807) is 0 Å². The Hall–Kier alpha value is -1.55. The molecular weight excluding hydrogens is 242 g/mol. The Morgan fingerprint density at radius 3 is 2.89 bits per heavy atom. The molecule has 1 aromatic carbocycles. The molecule has 1 aliphatic heterocycles. The Morgan fingerprint density at radius 2 is 2.16 bits per heavy atom. The second-order valence-corrected chi connectivity index (χ2v) is 4.94. The van der Waals surface area contributed by atoms with Gasteiger partial charge < -0.3 is 14.7 Å². The smallest absolute Gasteiger partial charge is 0.407 e. The lowest BCUT2D eigenvalue weighted by atomic mass is 10.1. The second kappa shape index (κ2) is 7.14. The zero-order chi connectivity index (χ0) is 13.5. The van der Waals surface area contributed by atoms with Gasteiger partial charge in [-0.2, -0.15) is 0 Å². The monoisotopic (exact) mass is 263 g/mol. The van der Waals surface area contributed by atoms with Crippen molar-refractivity contribution in [2.45, 2.75) is 31.7 Å². The fourth-order valence-electron chi connectivity index (χ4n) is 2.50. The van der Waals surface area contributed by atoms with Gasteiger partial charge in [0, 0.05) is 13.2 Å². The van der Waals surface area contributed by atoms with E-state index in [0.29, 0.717) is 19.8 Å². The number of ether oxygens (including phenoxy) is 1. The summed E-state index contributed by atoms with van der Waals surface area (Å²) in [4.78, 5) is 12.5. The van der Waals surface area contributed by atoms with Crippen molar-refractivity contribution >= 4 is 6.09 Å². The van der Waals surface area contributed by atoms with Gasteiger partial charge in [0.25, 0.3) is 0 Å². The van der Waals surface area contributed by atoms with E-state index < -0.39 is 6.09 Å². The van der Waals surface area contributed by atoms with Crippen LogP contribution in [0.15, 0.2) is 30.3 Å². The number of likely N-dealkylation sites (tertiary alicyclic amines) is 1. The SMILES string of the molecule is O=C(O)N1CCCC1COCCCc1ccccc1. The lowest BCUT2D eigenvalue weighted by Crippen LogP contribution is -2.37. The minimum Gasteiger partial charge on any atom is -0.465 e. The molecule has 1 aromatic rings. The molecular formula is C15H21NO3. The van der Waals surface area contributed by atoms with Crippen LogP contribution < -0.4 is 0 Å². The molecule has 1 unspecified atom stereocenters. The van der Waals surface area contributed by atoms with Gasteiger partial charge in [-0.25, -0.2) is 4.79 Å². The van der Waals surface area contributed by atoms with Crippen molar-refractivity contribution in [2.75, 3.05) is 19.8 Å².